The van der Waals surface area contributed by atoms with Crippen molar-refractivity contribution in [2.45, 2.75) is 32.7 Å². The van der Waals surface area contributed by atoms with Crippen LogP contribution in [-0.4, -0.2) is 60.9 Å². The van der Waals surface area contributed by atoms with Gasteiger partial charge in [-0.1, -0.05) is 19.8 Å². The summed E-state index contributed by atoms with van der Waals surface area (Å²) in [5.41, 5.74) is 1.32. The lowest BCUT2D eigenvalue weighted by Crippen LogP contribution is -2.50. The molecule has 2 amide bonds. The largest absolute Gasteiger partial charge is 0.350 e. The van der Waals surface area contributed by atoms with Crippen molar-refractivity contribution in [1.82, 2.24) is 15.1 Å². The zero-order valence-corrected chi connectivity index (χ0v) is 16.5. The maximum atomic E-state index is 13.0. The van der Waals surface area contributed by atoms with E-state index in [1.807, 2.05) is 4.90 Å². The van der Waals surface area contributed by atoms with E-state index in [4.69, 9.17) is 6.42 Å². The second-order valence-corrected chi connectivity index (χ2v) is 8.47. The van der Waals surface area contributed by atoms with Crippen molar-refractivity contribution in [2.75, 3.05) is 33.2 Å². The summed E-state index contributed by atoms with van der Waals surface area (Å²) in [7, 11) is 2.06. The van der Waals surface area contributed by atoms with E-state index in [0.29, 0.717) is 12.1 Å². The van der Waals surface area contributed by atoms with E-state index in [-0.39, 0.29) is 29.2 Å². The van der Waals surface area contributed by atoms with E-state index in [9.17, 15) is 9.59 Å². The Morgan fingerprint density at radius 1 is 1.26 bits per heavy atom. The van der Waals surface area contributed by atoms with Gasteiger partial charge in [0, 0.05) is 30.8 Å². The lowest BCUT2D eigenvalue weighted by molar-refractivity contribution is -0.136. The van der Waals surface area contributed by atoms with Crippen molar-refractivity contribution in [1.29, 1.82) is 0 Å². The SMILES string of the molecule is C#Cc1ccc(C(=O)NCC2N(C(=O)[C@H]3CCN(C)C3)CCC2(C)C)cc1. The molecule has 2 saturated heterocycles. The van der Waals surface area contributed by atoms with Gasteiger partial charge in [-0.25, -0.2) is 0 Å². The second kappa shape index (κ2) is 7.74. The van der Waals surface area contributed by atoms with Crippen LogP contribution < -0.4 is 5.32 Å². The van der Waals surface area contributed by atoms with E-state index in [1.165, 1.54) is 0 Å². The minimum Gasteiger partial charge on any atom is -0.350 e. The molecule has 1 N–H and O–H groups in total. The number of nitrogens with zero attached hydrogens (tertiary/aromatic N) is 2. The number of hydrogen-bond acceptors (Lipinski definition) is 3. The van der Waals surface area contributed by atoms with E-state index in [0.717, 1.165) is 38.0 Å². The highest BCUT2D eigenvalue weighted by atomic mass is 16.2. The van der Waals surface area contributed by atoms with Crippen LogP contribution in [-0.2, 0) is 4.79 Å². The van der Waals surface area contributed by atoms with Gasteiger partial charge in [-0.15, -0.1) is 6.42 Å². The predicted molar refractivity (Wildman–Crippen MR) is 106 cm³/mol. The summed E-state index contributed by atoms with van der Waals surface area (Å²) in [5, 5.41) is 3.02. The van der Waals surface area contributed by atoms with Crippen LogP contribution in [0.25, 0.3) is 0 Å². The molecule has 2 aliphatic heterocycles. The number of carbonyl (C=O) groups is 2. The number of carbonyl (C=O) groups excluding carboxylic acids is 2. The summed E-state index contributed by atoms with van der Waals surface area (Å²) in [6.07, 6.45) is 7.24. The first-order chi connectivity index (χ1) is 12.8. The second-order valence-electron chi connectivity index (χ2n) is 8.47. The number of benzene rings is 1. The van der Waals surface area contributed by atoms with Gasteiger partial charge in [0.15, 0.2) is 0 Å². The molecule has 1 aromatic carbocycles. The Morgan fingerprint density at radius 2 is 1.96 bits per heavy atom. The zero-order valence-electron chi connectivity index (χ0n) is 16.5. The Bertz CT molecular complexity index is 748. The number of likely N-dealkylation sites (tertiary alicyclic amines) is 2. The molecule has 0 aromatic heterocycles. The summed E-state index contributed by atoms with van der Waals surface area (Å²) in [6, 6.07) is 7.02. The van der Waals surface area contributed by atoms with Gasteiger partial charge in [0.05, 0.1) is 12.0 Å². The van der Waals surface area contributed by atoms with Crippen LogP contribution in [0, 0.1) is 23.7 Å². The number of amides is 2. The van der Waals surface area contributed by atoms with Crippen LogP contribution in [0.2, 0.25) is 0 Å². The topological polar surface area (TPSA) is 52.7 Å². The molecule has 1 unspecified atom stereocenters. The van der Waals surface area contributed by atoms with Crippen LogP contribution in [0.4, 0.5) is 0 Å². The summed E-state index contributed by atoms with van der Waals surface area (Å²) in [5.74, 6) is 2.74. The Balaban J connectivity index is 1.65. The molecule has 0 saturated carbocycles. The molecule has 0 aliphatic carbocycles. The highest BCUT2D eigenvalue weighted by Gasteiger charge is 2.44. The quantitative estimate of drug-likeness (QED) is 0.828. The van der Waals surface area contributed by atoms with Crippen LogP contribution in [0.15, 0.2) is 24.3 Å². The van der Waals surface area contributed by atoms with E-state index >= 15 is 0 Å². The smallest absolute Gasteiger partial charge is 0.251 e. The van der Waals surface area contributed by atoms with Gasteiger partial charge in [-0.05, 0) is 56.1 Å². The molecule has 5 nitrogen and oxygen atoms in total. The molecule has 5 heteroatoms. The summed E-state index contributed by atoms with van der Waals surface area (Å²) in [4.78, 5) is 29.8. The van der Waals surface area contributed by atoms with Crippen LogP contribution >= 0.6 is 0 Å². The summed E-state index contributed by atoms with van der Waals surface area (Å²) >= 11 is 0. The maximum absolute atomic E-state index is 13.0. The average molecular weight is 367 g/mol. The molecule has 2 fully saturated rings. The molecule has 144 valence electrons. The molecular formula is C22H29N3O2. The molecule has 0 bridgehead atoms. The Morgan fingerprint density at radius 3 is 2.56 bits per heavy atom. The van der Waals surface area contributed by atoms with Gasteiger partial charge in [-0.2, -0.15) is 0 Å². The number of terminal acetylenes is 1. The number of hydrogen-bond donors (Lipinski definition) is 1. The van der Waals surface area contributed by atoms with Gasteiger partial charge in [0.2, 0.25) is 5.91 Å². The van der Waals surface area contributed by atoms with Crippen molar-refractivity contribution < 1.29 is 9.59 Å². The van der Waals surface area contributed by atoms with Crippen LogP contribution in [0.1, 0.15) is 42.6 Å². The number of nitrogens with one attached hydrogen (secondary N) is 1. The van der Waals surface area contributed by atoms with Crippen LogP contribution in [0.5, 0.6) is 0 Å². The van der Waals surface area contributed by atoms with E-state index in [2.05, 4.69) is 37.0 Å². The Hall–Kier alpha value is -2.32. The number of rotatable bonds is 4. The fourth-order valence-electron chi connectivity index (χ4n) is 4.18. The third kappa shape index (κ3) is 4.17. The van der Waals surface area contributed by atoms with Crippen molar-refractivity contribution in [2.24, 2.45) is 11.3 Å². The van der Waals surface area contributed by atoms with E-state index in [1.54, 1.807) is 24.3 Å². The van der Waals surface area contributed by atoms with Crippen molar-refractivity contribution in [3.05, 3.63) is 35.4 Å². The van der Waals surface area contributed by atoms with Crippen molar-refractivity contribution in [3.63, 3.8) is 0 Å². The third-order valence-electron chi connectivity index (χ3n) is 6.07. The van der Waals surface area contributed by atoms with Gasteiger partial charge in [-0.3, -0.25) is 9.59 Å². The molecule has 27 heavy (non-hydrogen) atoms. The monoisotopic (exact) mass is 367 g/mol. The third-order valence-corrected chi connectivity index (χ3v) is 6.07. The first kappa shape index (κ1) is 19.4. The average Bonchev–Trinajstić information content (AvgIpc) is 3.22. The lowest BCUT2D eigenvalue weighted by atomic mass is 9.84. The standard InChI is InChI=1S/C22H29N3O2/c1-5-16-6-8-17(9-7-16)20(26)23-14-19-22(2,3)11-13-25(19)21(27)18-10-12-24(4)15-18/h1,6-9,18-19H,10-15H2,2-4H3,(H,23,26)/t18-,19?/m0/s1. The van der Waals surface area contributed by atoms with Gasteiger partial charge < -0.3 is 15.1 Å². The molecular weight excluding hydrogens is 338 g/mol. The van der Waals surface area contributed by atoms with Crippen molar-refractivity contribution >= 4 is 11.8 Å². The zero-order chi connectivity index (χ0) is 19.6. The Kier molecular flexibility index (Phi) is 5.57. The molecule has 0 radical (unpaired) electrons. The minimum atomic E-state index is -0.130. The van der Waals surface area contributed by atoms with Crippen molar-refractivity contribution in [3.8, 4) is 12.3 Å². The Labute approximate surface area is 162 Å². The highest BCUT2D eigenvalue weighted by molar-refractivity contribution is 5.94. The predicted octanol–water partition coefficient (Wildman–Crippen LogP) is 1.98. The summed E-state index contributed by atoms with van der Waals surface area (Å²) in [6.45, 7) is 7.40. The molecule has 0 spiro atoms. The first-order valence-electron chi connectivity index (χ1n) is 9.66. The maximum Gasteiger partial charge on any atom is 0.251 e. The molecule has 2 atom stereocenters. The van der Waals surface area contributed by atoms with E-state index < -0.39 is 0 Å². The normalized spacial score (nSPS) is 24.6. The molecule has 1 aromatic rings. The fourth-order valence-corrected chi connectivity index (χ4v) is 4.18. The minimum absolute atomic E-state index is 0.0131. The lowest BCUT2D eigenvalue weighted by Gasteiger charge is -2.34. The highest BCUT2D eigenvalue weighted by Crippen LogP contribution is 2.37. The van der Waals surface area contributed by atoms with Crippen LogP contribution in [0.3, 0.4) is 0 Å². The fraction of sp³-hybridized carbons (Fsp3) is 0.545. The van der Waals surface area contributed by atoms with Gasteiger partial charge in [0.25, 0.3) is 5.91 Å². The first-order valence-corrected chi connectivity index (χ1v) is 9.66. The van der Waals surface area contributed by atoms with Gasteiger partial charge in [0.1, 0.15) is 0 Å². The molecule has 2 heterocycles. The molecule has 2 aliphatic rings. The molecule has 3 rings (SSSR count). The summed E-state index contributed by atoms with van der Waals surface area (Å²) < 4.78 is 0. The van der Waals surface area contributed by atoms with Gasteiger partial charge >= 0.3 is 0 Å².